The van der Waals surface area contributed by atoms with Gasteiger partial charge in [0.15, 0.2) is 0 Å². The van der Waals surface area contributed by atoms with Gasteiger partial charge < -0.3 is 19.6 Å². The number of amides is 1. The first-order chi connectivity index (χ1) is 16.0. The van der Waals surface area contributed by atoms with E-state index in [9.17, 15) is 14.7 Å². The third kappa shape index (κ3) is 5.63. The molecule has 176 valence electrons. The first-order valence-electron chi connectivity index (χ1n) is 11.8. The summed E-state index contributed by atoms with van der Waals surface area (Å²) in [6, 6.07) is 15.7. The second-order valence-corrected chi connectivity index (χ2v) is 8.16. The Hall–Kier alpha value is -3.12. The lowest BCUT2D eigenvalue weighted by molar-refractivity contribution is -0.140. The Labute approximate surface area is 196 Å². The van der Waals surface area contributed by atoms with Gasteiger partial charge in [-0.3, -0.25) is 9.59 Å². The molecule has 2 aromatic carbocycles. The number of likely N-dealkylation sites (tertiary alicyclic amines) is 1. The molecule has 6 heteroatoms. The van der Waals surface area contributed by atoms with Gasteiger partial charge in [0.1, 0.15) is 11.5 Å². The number of rotatable bonds is 11. The topological polar surface area (TPSA) is 70.1 Å². The van der Waals surface area contributed by atoms with Crippen LogP contribution in [-0.4, -0.2) is 59.4 Å². The highest BCUT2D eigenvalue weighted by molar-refractivity contribution is 6.46. The number of carbonyl (C=O) groups is 2. The van der Waals surface area contributed by atoms with Crippen LogP contribution in [0.4, 0.5) is 0 Å². The van der Waals surface area contributed by atoms with Gasteiger partial charge in [0, 0.05) is 12.1 Å². The van der Waals surface area contributed by atoms with E-state index in [2.05, 4.69) is 18.7 Å². The summed E-state index contributed by atoms with van der Waals surface area (Å²) in [6.07, 6.45) is 1.65. The molecule has 0 spiro atoms. The van der Waals surface area contributed by atoms with E-state index in [1.54, 1.807) is 29.2 Å². The zero-order chi connectivity index (χ0) is 23.8. The third-order valence-electron chi connectivity index (χ3n) is 6.02. The molecule has 33 heavy (non-hydrogen) atoms. The van der Waals surface area contributed by atoms with Crippen LogP contribution in [0.2, 0.25) is 0 Å². The lowest BCUT2D eigenvalue weighted by atomic mass is 9.95. The van der Waals surface area contributed by atoms with Crippen molar-refractivity contribution in [2.24, 2.45) is 0 Å². The number of nitrogens with zero attached hydrogens (tertiary/aromatic N) is 2. The summed E-state index contributed by atoms with van der Waals surface area (Å²) in [7, 11) is 0. The molecule has 0 bridgehead atoms. The van der Waals surface area contributed by atoms with Crippen LogP contribution < -0.4 is 4.74 Å². The highest BCUT2D eigenvalue weighted by Gasteiger charge is 2.45. The second-order valence-electron chi connectivity index (χ2n) is 8.16. The third-order valence-corrected chi connectivity index (χ3v) is 6.02. The zero-order valence-electron chi connectivity index (χ0n) is 19.8. The molecule has 1 aliphatic rings. The van der Waals surface area contributed by atoms with Gasteiger partial charge in [-0.25, -0.2) is 0 Å². The summed E-state index contributed by atoms with van der Waals surface area (Å²) < 4.78 is 5.69. The SMILES string of the molecule is CCCOc1ccc([C@@H]2C(=C(O)c3ccccc3)C(=O)C(=O)N2CCCN(CC)CC)cc1. The Morgan fingerprint density at radius 1 is 1.00 bits per heavy atom. The van der Waals surface area contributed by atoms with E-state index in [1.165, 1.54) is 0 Å². The average molecular weight is 451 g/mol. The first-order valence-corrected chi connectivity index (χ1v) is 11.8. The standard InChI is InChI=1S/C27H34N2O4/c1-4-19-33-22-15-13-20(14-16-22)24-23(25(30)21-11-8-7-9-12-21)26(31)27(32)29(24)18-10-17-28(5-2)6-3/h7-9,11-16,24,30H,4-6,10,17-19H2,1-3H3/t24-/m1/s1. The number of Topliss-reactive ketones (excluding diaryl/α,β-unsaturated/α-hetero) is 1. The van der Waals surface area contributed by atoms with Gasteiger partial charge in [0.25, 0.3) is 11.7 Å². The van der Waals surface area contributed by atoms with Gasteiger partial charge in [-0.05, 0) is 50.2 Å². The van der Waals surface area contributed by atoms with Crippen LogP contribution in [0.5, 0.6) is 5.75 Å². The van der Waals surface area contributed by atoms with E-state index in [0.717, 1.165) is 43.8 Å². The van der Waals surface area contributed by atoms with Crippen molar-refractivity contribution in [1.82, 2.24) is 9.80 Å². The molecule has 1 aliphatic heterocycles. The smallest absolute Gasteiger partial charge is 0.295 e. The zero-order valence-corrected chi connectivity index (χ0v) is 19.8. The van der Waals surface area contributed by atoms with E-state index in [1.807, 2.05) is 37.3 Å². The van der Waals surface area contributed by atoms with E-state index < -0.39 is 17.7 Å². The summed E-state index contributed by atoms with van der Waals surface area (Å²) in [6.45, 7) is 10.0. The lowest BCUT2D eigenvalue weighted by Gasteiger charge is -2.27. The minimum atomic E-state index is -0.643. The maximum Gasteiger partial charge on any atom is 0.295 e. The molecule has 0 aromatic heterocycles. The number of carbonyl (C=O) groups excluding carboxylic acids is 2. The molecule has 0 radical (unpaired) electrons. The molecular weight excluding hydrogens is 416 g/mol. The number of hydrogen-bond acceptors (Lipinski definition) is 5. The predicted molar refractivity (Wildman–Crippen MR) is 130 cm³/mol. The van der Waals surface area contributed by atoms with Crippen molar-refractivity contribution < 1.29 is 19.4 Å². The Morgan fingerprint density at radius 2 is 1.67 bits per heavy atom. The van der Waals surface area contributed by atoms with Gasteiger partial charge in [-0.2, -0.15) is 0 Å². The number of ketones is 1. The average Bonchev–Trinajstić information content (AvgIpc) is 3.10. The highest BCUT2D eigenvalue weighted by Crippen LogP contribution is 2.39. The minimum Gasteiger partial charge on any atom is -0.507 e. The van der Waals surface area contributed by atoms with E-state index >= 15 is 0 Å². The molecule has 1 saturated heterocycles. The first kappa shape index (κ1) is 24.5. The van der Waals surface area contributed by atoms with Crippen molar-refractivity contribution >= 4 is 17.4 Å². The van der Waals surface area contributed by atoms with Gasteiger partial charge in [-0.1, -0.05) is 63.2 Å². The summed E-state index contributed by atoms with van der Waals surface area (Å²) >= 11 is 0. The van der Waals surface area contributed by atoms with Crippen LogP contribution >= 0.6 is 0 Å². The van der Waals surface area contributed by atoms with Crippen molar-refractivity contribution in [2.75, 3.05) is 32.8 Å². The summed E-state index contributed by atoms with van der Waals surface area (Å²) in [5.74, 6) is -0.613. The molecule has 1 atom stereocenters. The fourth-order valence-electron chi connectivity index (χ4n) is 4.18. The molecule has 0 saturated carbocycles. The molecule has 1 amide bonds. The molecule has 6 nitrogen and oxygen atoms in total. The minimum absolute atomic E-state index is 0.135. The number of aliphatic hydroxyl groups is 1. The molecular formula is C27H34N2O4. The summed E-state index contributed by atoms with van der Waals surface area (Å²) in [4.78, 5) is 30.0. The van der Waals surface area contributed by atoms with Gasteiger partial charge in [0.2, 0.25) is 0 Å². The van der Waals surface area contributed by atoms with Gasteiger partial charge in [0.05, 0.1) is 18.2 Å². The van der Waals surface area contributed by atoms with Crippen molar-refractivity contribution in [3.05, 3.63) is 71.3 Å². The number of aliphatic hydroxyl groups excluding tert-OH is 1. The highest BCUT2D eigenvalue weighted by atomic mass is 16.5. The van der Waals surface area contributed by atoms with Crippen molar-refractivity contribution in [1.29, 1.82) is 0 Å². The molecule has 3 rings (SSSR count). The second kappa shape index (κ2) is 11.7. The molecule has 2 aromatic rings. The number of hydrogen-bond donors (Lipinski definition) is 1. The van der Waals surface area contributed by atoms with E-state index in [-0.39, 0.29) is 11.3 Å². The summed E-state index contributed by atoms with van der Waals surface area (Å²) in [5.41, 5.74) is 1.43. The number of benzene rings is 2. The lowest BCUT2D eigenvalue weighted by Crippen LogP contribution is -2.33. The van der Waals surface area contributed by atoms with Crippen molar-refractivity contribution in [3.63, 3.8) is 0 Å². The fourth-order valence-corrected chi connectivity index (χ4v) is 4.18. The molecule has 0 aliphatic carbocycles. The predicted octanol–water partition coefficient (Wildman–Crippen LogP) is 4.63. The van der Waals surface area contributed by atoms with Crippen molar-refractivity contribution in [2.45, 2.75) is 39.7 Å². The van der Waals surface area contributed by atoms with Gasteiger partial charge >= 0.3 is 0 Å². The molecule has 0 unspecified atom stereocenters. The van der Waals surface area contributed by atoms with Crippen LogP contribution in [0.1, 0.15) is 50.8 Å². The maximum atomic E-state index is 13.1. The Morgan fingerprint density at radius 3 is 2.27 bits per heavy atom. The Kier molecular flexibility index (Phi) is 8.66. The fraction of sp³-hybridized carbons (Fsp3) is 0.407. The maximum absolute atomic E-state index is 13.1. The number of ether oxygens (including phenoxy) is 1. The quantitative estimate of drug-likeness (QED) is 0.307. The van der Waals surface area contributed by atoms with Crippen molar-refractivity contribution in [3.8, 4) is 5.75 Å². The normalized spacial score (nSPS) is 17.7. The van der Waals surface area contributed by atoms with Crippen LogP contribution in [-0.2, 0) is 9.59 Å². The van der Waals surface area contributed by atoms with Crippen LogP contribution in [0.25, 0.3) is 5.76 Å². The Balaban J connectivity index is 1.97. The monoisotopic (exact) mass is 450 g/mol. The molecule has 1 N–H and O–H groups in total. The summed E-state index contributed by atoms with van der Waals surface area (Å²) in [5, 5.41) is 11.1. The Bertz CT molecular complexity index is 965. The molecule has 1 fully saturated rings. The van der Waals surface area contributed by atoms with Crippen LogP contribution in [0, 0.1) is 0 Å². The van der Waals surface area contributed by atoms with Crippen LogP contribution in [0.3, 0.4) is 0 Å². The van der Waals surface area contributed by atoms with Gasteiger partial charge in [-0.15, -0.1) is 0 Å². The largest absolute Gasteiger partial charge is 0.507 e. The van der Waals surface area contributed by atoms with Crippen LogP contribution in [0.15, 0.2) is 60.2 Å². The van der Waals surface area contributed by atoms with E-state index in [0.29, 0.717) is 18.7 Å². The van der Waals surface area contributed by atoms with E-state index in [4.69, 9.17) is 4.74 Å². The molecule has 1 heterocycles.